The van der Waals surface area contributed by atoms with Gasteiger partial charge < -0.3 is 5.73 Å². The Labute approximate surface area is 103 Å². The molecule has 0 spiro atoms. The van der Waals surface area contributed by atoms with Crippen molar-refractivity contribution in [2.45, 2.75) is 6.92 Å². The first-order chi connectivity index (χ1) is 8.22. The highest BCUT2D eigenvalue weighted by molar-refractivity contribution is 7.09. The fourth-order valence-electron chi connectivity index (χ4n) is 1.41. The van der Waals surface area contributed by atoms with Crippen LogP contribution < -0.4 is 5.73 Å². The number of hydrogen-bond acceptors (Lipinski definition) is 5. The lowest BCUT2D eigenvalue weighted by atomic mass is 10.1. The zero-order chi connectivity index (χ0) is 12.3. The Morgan fingerprint density at radius 1 is 1.53 bits per heavy atom. The molecule has 0 unspecified atom stereocenters. The van der Waals surface area contributed by atoms with Crippen molar-refractivity contribution in [1.29, 1.82) is 5.26 Å². The van der Waals surface area contributed by atoms with E-state index < -0.39 is 0 Å². The number of aryl methyl sites for hydroxylation is 1. The van der Waals surface area contributed by atoms with E-state index in [0.29, 0.717) is 22.5 Å². The van der Waals surface area contributed by atoms with Crippen LogP contribution in [0.15, 0.2) is 29.9 Å². The zero-order valence-electron chi connectivity index (χ0n) is 9.21. The molecule has 2 aromatic heterocycles. The lowest BCUT2D eigenvalue weighted by Crippen LogP contribution is -2.01. The van der Waals surface area contributed by atoms with Gasteiger partial charge in [-0.25, -0.2) is 4.98 Å². The summed E-state index contributed by atoms with van der Waals surface area (Å²) >= 11 is 1.51. The van der Waals surface area contributed by atoms with Gasteiger partial charge in [-0.3, -0.25) is 4.98 Å². The van der Waals surface area contributed by atoms with Crippen LogP contribution in [0.5, 0.6) is 0 Å². The van der Waals surface area contributed by atoms with E-state index in [1.807, 2.05) is 12.3 Å². The third kappa shape index (κ3) is 2.32. The van der Waals surface area contributed by atoms with E-state index in [1.165, 1.54) is 11.3 Å². The molecule has 84 valence electrons. The first-order valence-electron chi connectivity index (χ1n) is 4.95. The monoisotopic (exact) mass is 242 g/mol. The molecule has 2 N–H and O–H groups in total. The highest BCUT2D eigenvalue weighted by Crippen LogP contribution is 2.22. The second-order valence-corrected chi connectivity index (χ2v) is 4.46. The summed E-state index contributed by atoms with van der Waals surface area (Å²) in [4.78, 5) is 8.25. The molecule has 0 bridgehead atoms. The Morgan fingerprint density at radius 3 is 2.88 bits per heavy atom. The molecule has 0 atom stereocenters. The van der Waals surface area contributed by atoms with Gasteiger partial charge in [-0.1, -0.05) is 6.07 Å². The third-order valence-corrected chi connectivity index (χ3v) is 3.00. The SMILES string of the molecule is Cc1nc(/C(N)=C(/C#N)c2cccnc2)cs1. The lowest BCUT2D eigenvalue weighted by molar-refractivity contribution is 1.24. The van der Waals surface area contributed by atoms with Crippen LogP contribution in [0, 0.1) is 18.3 Å². The lowest BCUT2D eigenvalue weighted by Gasteiger charge is -2.02. The Balaban J connectivity index is 2.52. The molecule has 17 heavy (non-hydrogen) atoms. The molecular formula is C12H10N4S. The third-order valence-electron chi connectivity index (χ3n) is 2.23. The molecule has 0 aromatic carbocycles. The number of pyridine rings is 1. The molecule has 0 radical (unpaired) electrons. The molecule has 0 saturated heterocycles. The van der Waals surface area contributed by atoms with Crippen LogP contribution in [-0.2, 0) is 0 Å². The fourth-order valence-corrected chi connectivity index (χ4v) is 2.02. The molecule has 0 fully saturated rings. The number of allylic oxidation sites excluding steroid dienone is 1. The van der Waals surface area contributed by atoms with Crippen molar-refractivity contribution in [3.8, 4) is 6.07 Å². The van der Waals surface area contributed by atoms with Crippen LogP contribution in [0.4, 0.5) is 0 Å². The summed E-state index contributed by atoms with van der Waals surface area (Å²) in [6.45, 7) is 1.90. The fraction of sp³-hybridized carbons (Fsp3) is 0.0833. The quantitative estimate of drug-likeness (QED) is 0.819. The van der Waals surface area contributed by atoms with Crippen molar-refractivity contribution in [3.05, 3.63) is 46.2 Å². The van der Waals surface area contributed by atoms with Gasteiger partial charge >= 0.3 is 0 Å². The molecule has 0 aliphatic carbocycles. The van der Waals surface area contributed by atoms with Crippen molar-refractivity contribution in [2.24, 2.45) is 5.73 Å². The molecule has 5 heteroatoms. The van der Waals surface area contributed by atoms with E-state index in [0.717, 1.165) is 5.01 Å². The Hall–Kier alpha value is -2.19. The van der Waals surface area contributed by atoms with Crippen molar-refractivity contribution in [3.63, 3.8) is 0 Å². The number of rotatable bonds is 2. The second kappa shape index (κ2) is 4.76. The molecule has 0 aliphatic heterocycles. The predicted molar refractivity (Wildman–Crippen MR) is 67.7 cm³/mol. The van der Waals surface area contributed by atoms with Crippen molar-refractivity contribution < 1.29 is 0 Å². The molecule has 0 aliphatic rings. The van der Waals surface area contributed by atoms with Gasteiger partial charge in [0.15, 0.2) is 0 Å². The van der Waals surface area contributed by atoms with Crippen LogP contribution in [0.1, 0.15) is 16.3 Å². The first kappa shape index (κ1) is 11.3. The van der Waals surface area contributed by atoms with Crippen molar-refractivity contribution in [2.75, 3.05) is 0 Å². The standard InChI is InChI=1S/C12H10N4S/c1-8-16-11(7-17-8)12(14)10(5-13)9-3-2-4-15-6-9/h2-4,6-7H,14H2,1H3/b12-10+. The highest BCUT2D eigenvalue weighted by Gasteiger charge is 2.10. The Bertz CT molecular complexity index is 592. The van der Waals surface area contributed by atoms with Crippen LogP contribution in [0.25, 0.3) is 11.3 Å². The van der Waals surface area contributed by atoms with Gasteiger partial charge in [0.25, 0.3) is 0 Å². The summed E-state index contributed by atoms with van der Waals surface area (Å²) in [5.41, 5.74) is 8.12. The number of aromatic nitrogens is 2. The maximum Gasteiger partial charge on any atom is 0.102 e. The van der Waals surface area contributed by atoms with E-state index in [4.69, 9.17) is 5.73 Å². The van der Waals surface area contributed by atoms with Crippen LogP contribution in [0.2, 0.25) is 0 Å². The zero-order valence-corrected chi connectivity index (χ0v) is 10.0. The molecule has 0 saturated carbocycles. The van der Waals surface area contributed by atoms with E-state index in [1.54, 1.807) is 24.5 Å². The van der Waals surface area contributed by atoms with Gasteiger partial charge in [-0.15, -0.1) is 11.3 Å². The van der Waals surface area contributed by atoms with Crippen LogP contribution in [-0.4, -0.2) is 9.97 Å². The summed E-state index contributed by atoms with van der Waals surface area (Å²) in [5, 5.41) is 11.9. The number of nitrogens with two attached hydrogens (primary N) is 1. The van der Waals surface area contributed by atoms with E-state index in [-0.39, 0.29) is 0 Å². The minimum Gasteiger partial charge on any atom is -0.396 e. The largest absolute Gasteiger partial charge is 0.396 e. The molecule has 4 nitrogen and oxygen atoms in total. The average molecular weight is 242 g/mol. The number of nitrogens with zero attached hydrogens (tertiary/aromatic N) is 3. The van der Waals surface area contributed by atoms with Gasteiger partial charge in [0, 0.05) is 23.3 Å². The summed E-state index contributed by atoms with van der Waals surface area (Å²) in [7, 11) is 0. The summed E-state index contributed by atoms with van der Waals surface area (Å²) < 4.78 is 0. The van der Waals surface area contributed by atoms with E-state index in [9.17, 15) is 5.26 Å². The van der Waals surface area contributed by atoms with Crippen LogP contribution >= 0.6 is 11.3 Å². The second-order valence-electron chi connectivity index (χ2n) is 3.39. The molecule has 2 aromatic rings. The minimum absolute atomic E-state index is 0.393. The average Bonchev–Trinajstić information content (AvgIpc) is 2.78. The summed E-state index contributed by atoms with van der Waals surface area (Å²) in [5.74, 6) is 0. The highest BCUT2D eigenvalue weighted by atomic mass is 32.1. The minimum atomic E-state index is 0.393. The number of thiazole rings is 1. The van der Waals surface area contributed by atoms with Crippen LogP contribution in [0.3, 0.4) is 0 Å². The predicted octanol–water partition coefficient (Wildman–Crippen LogP) is 2.20. The molecular weight excluding hydrogens is 232 g/mol. The van der Waals surface area contributed by atoms with Gasteiger partial charge in [-0.2, -0.15) is 5.26 Å². The molecule has 2 heterocycles. The van der Waals surface area contributed by atoms with E-state index >= 15 is 0 Å². The Morgan fingerprint density at radius 2 is 2.35 bits per heavy atom. The number of nitriles is 1. The van der Waals surface area contributed by atoms with Crippen molar-refractivity contribution in [1.82, 2.24) is 9.97 Å². The normalized spacial score (nSPS) is 11.8. The molecule has 2 rings (SSSR count). The van der Waals surface area contributed by atoms with Gasteiger partial charge in [0.1, 0.15) is 6.07 Å². The summed E-state index contributed by atoms with van der Waals surface area (Å²) in [6, 6.07) is 5.68. The maximum atomic E-state index is 9.18. The topological polar surface area (TPSA) is 75.6 Å². The smallest absolute Gasteiger partial charge is 0.102 e. The van der Waals surface area contributed by atoms with Gasteiger partial charge in [-0.05, 0) is 13.0 Å². The maximum absolute atomic E-state index is 9.18. The first-order valence-corrected chi connectivity index (χ1v) is 5.83. The van der Waals surface area contributed by atoms with Crippen molar-refractivity contribution >= 4 is 22.6 Å². The van der Waals surface area contributed by atoms with Gasteiger partial charge in [0.05, 0.1) is 22.0 Å². The van der Waals surface area contributed by atoms with E-state index in [2.05, 4.69) is 16.0 Å². The number of hydrogen-bond donors (Lipinski definition) is 1. The summed E-state index contributed by atoms with van der Waals surface area (Å²) in [6.07, 6.45) is 3.27. The molecule has 0 amide bonds. The Kier molecular flexibility index (Phi) is 3.17. The van der Waals surface area contributed by atoms with Gasteiger partial charge in [0.2, 0.25) is 0 Å².